The molecule has 0 bridgehead atoms. The smallest absolute Gasteiger partial charge is 0.301 e. The second kappa shape index (κ2) is 6.27. The quantitative estimate of drug-likeness (QED) is 0.864. The largest absolute Gasteiger partial charge is 0.502 e. The topological polar surface area (TPSA) is 76.1 Å². The number of methoxy groups -OCH3 is 2. The third kappa shape index (κ3) is 2.80. The van der Waals surface area contributed by atoms with Crippen LogP contribution in [-0.2, 0) is 9.59 Å². The minimum absolute atomic E-state index is 0.188. The van der Waals surface area contributed by atoms with Crippen molar-refractivity contribution in [2.45, 2.75) is 0 Å². The number of aliphatic hydroxyl groups is 1. The molecule has 128 valence electrons. The van der Waals surface area contributed by atoms with Gasteiger partial charge in [-0.05, 0) is 17.7 Å². The highest BCUT2D eigenvalue weighted by molar-refractivity contribution is 6.44. The summed E-state index contributed by atoms with van der Waals surface area (Å²) >= 11 is 0. The zero-order valence-electron chi connectivity index (χ0n) is 13.4. The van der Waals surface area contributed by atoms with Crippen LogP contribution in [0.4, 0.5) is 10.1 Å². The van der Waals surface area contributed by atoms with E-state index in [9.17, 15) is 19.1 Å². The van der Waals surface area contributed by atoms with Crippen LogP contribution in [0, 0.1) is 5.82 Å². The Labute approximate surface area is 142 Å². The lowest BCUT2D eigenvalue weighted by Gasteiger charge is -2.16. The van der Waals surface area contributed by atoms with Gasteiger partial charge in [0.15, 0.2) is 5.76 Å². The first kappa shape index (κ1) is 16.5. The molecule has 2 amide bonds. The summed E-state index contributed by atoms with van der Waals surface area (Å²) in [6.07, 6.45) is 0. The minimum Gasteiger partial charge on any atom is -0.502 e. The highest BCUT2D eigenvalue weighted by atomic mass is 19.1. The molecule has 1 N–H and O–H groups in total. The molecular formula is C18H14FNO5. The van der Waals surface area contributed by atoms with Crippen molar-refractivity contribution in [3.63, 3.8) is 0 Å². The SMILES string of the molecule is COc1cc(OC)cc(N2C(=O)C(O)=C(c3ccc(F)cc3)C2=O)c1. The predicted molar refractivity (Wildman–Crippen MR) is 88.0 cm³/mol. The molecule has 0 aliphatic carbocycles. The molecule has 3 rings (SSSR count). The van der Waals surface area contributed by atoms with E-state index >= 15 is 0 Å². The molecule has 2 aromatic rings. The highest BCUT2D eigenvalue weighted by Crippen LogP contribution is 2.35. The summed E-state index contributed by atoms with van der Waals surface area (Å²) in [5, 5.41) is 10.1. The van der Waals surface area contributed by atoms with Crippen LogP contribution in [-0.4, -0.2) is 31.1 Å². The zero-order chi connectivity index (χ0) is 18.1. The first-order valence-corrected chi connectivity index (χ1v) is 7.27. The molecule has 1 aliphatic rings. The zero-order valence-corrected chi connectivity index (χ0v) is 13.4. The summed E-state index contributed by atoms with van der Waals surface area (Å²) < 4.78 is 23.3. The van der Waals surface area contributed by atoms with Crippen molar-refractivity contribution in [1.29, 1.82) is 0 Å². The maximum atomic E-state index is 13.1. The van der Waals surface area contributed by atoms with E-state index in [0.29, 0.717) is 11.5 Å². The van der Waals surface area contributed by atoms with Crippen molar-refractivity contribution in [3.05, 3.63) is 59.6 Å². The molecule has 1 aliphatic heterocycles. The van der Waals surface area contributed by atoms with E-state index < -0.39 is 23.4 Å². The van der Waals surface area contributed by atoms with Crippen molar-refractivity contribution in [3.8, 4) is 11.5 Å². The molecule has 0 saturated carbocycles. The lowest BCUT2D eigenvalue weighted by molar-refractivity contribution is -0.121. The molecule has 2 aromatic carbocycles. The fourth-order valence-corrected chi connectivity index (χ4v) is 2.55. The lowest BCUT2D eigenvalue weighted by atomic mass is 10.1. The number of halogens is 1. The second-order valence-electron chi connectivity index (χ2n) is 5.25. The molecule has 6 nitrogen and oxygen atoms in total. The maximum absolute atomic E-state index is 13.1. The number of hydrogen-bond acceptors (Lipinski definition) is 5. The van der Waals surface area contributed by atoms with Crippen molar-refractivity contribution in [2.24, 2.45) is 0 Å². The molecular weight excluding hydrogens is 329 g/mol. The van der Waals surface area contributed by atoms with Gasteiger partial charge in [0, 0.05) is 18.2 Å². The molecule has 0 atom stereocenters. The Bertz CT molecular complexity index is 867. The van der Waals surface area contributed by atoms with Gasteiger partial charge in [-0.2, -0.15) is 0 Å². The molecule has 0 radical (unpaired) electrons. The van der Waals surface area contributed by atoms with Crippen molar-refractivity contribution >= 4 is 23.1 Å². The number of imide groups is 1. The number of hydrogen-bond donors (Lipinski definition) is 1. The normalized spacial score (nSPS) is 14.3. The van der Waals surface area contributed by atoms with E-state index in [2.05, 4.69) is 0 Å². The minimum atomic E-state index is -0.875. The fourth-order valence-electron chi connectivity index (χ4n) is 2.55. The van der Waals surface area contributed by atoms with Crippen LogP contribution in [0.25, 0.3) is 5.57 Å². The first-order chi connectivity index (χ1) is 12.0. The van der Waals surface area contributed by atoms with Crippen LogP contribution in [0.1, 0.15) is 5.56 Å². The van der Waals surface area contributed by atoms with Gasteiger partial charge in [0.05, 0.1) is 25.5 Å². The number of nitrogens with zero attached hydrogens (tertiary/aromatic N) is 1. The lowest BCUT2D eigenvalue weighted by Crippen LogP contribution is -2.31. The van der Waals surface area contributed by atoms with Gasteiger partial charge in [0.1, 0.15) is 17.3 Å². The van der Waals surface area contributed by atoms with Crippen molar-refractivity contribution in [2.75, 3.05) is 19.1 Å². The summed E-state index contributed by atoms with van der Waals surface area (Å²) in [5.41, 5.74) is 0.247. The summed E-state index contributed by atoms with van der Waals surface area (Å²) in [5.74, 6) is -2.02. The van der Waals surface area contributed by atoms with Gasteiger partial charge in [-0.25, -0.2) is 9.29 Å². The Hall–Kier alpha value is -3.35. The summed E-state index contributed by atoms with van der Waals surface area (Å²) in [6.45, 7) is 0. The van der Waals surface area contributed by atoms with E-state index in [0.717, 1.165) is 17.0 Å². The first-order valence-electron chi connectivity index (χ1n) is 7.27. The molecule has 25 heavy (non-hydrogen) atoms. The van der Waals surface area contributed by atoms with E-state index in [1.165, 1.54) is 38.5 Å². The Morgan fingerprint density at radius 3 is 2.00 bits per heavy atom. The Morgan fingerprint density at radius 2 is 1.48 bits per heavy atom. The summed E-state index contributed by atoms with van der Waals surface area (Å²) in [7, 11) is 2.87. The number of ether oxygens (including phenoxy) is 2. The molecule has 7 heteroatoms. The van der Waals surface area contributed by atoms with Crippen LogP contribution in [0.3, 0.4) is 0 Å². The molecule has 0 unspecified atom stereocenters. The Kier molecular flexibility index (Phi) is 4.14. The van der Waals surface area contributed by atoms with Crippen molar-refractivity contribution in [1.82, 2.24) is 0 Å². The second-order valence-corrected chi connectivity index (χ2v) is 5.25. The van der Waals surface area contributed by atoms with Gasteiger partial charge in [-0.3, -0.25) is 9.59 Å². The van der Waals surface area contributed by atoms with Gasteiger partial charge in [-0.1, -0.05) is 12.1 Å². The van der Waals surface area contributed by atoms with Gasteiger partial charge in [-0.15, -0.1) is 0 Å². The van der Waals surface area contributed by atoms with Gasteiger partial charge < -0.3 is 14.6 Å². The van der Waals surface area contributed by atoms with Crippen LogP contribution >= 0.6 is 0 Å². The van der Waals surface area contributed by atoms with E-state index in [1.54, 1.807) is 6.07 Å². The van der Waals surface area contributed by atoms with Gasteiger partial charge >= 0.3 is 5.91 Å². The van der Waals surface area contributed by atoms with Crippen LogP contribution in [0.5, 0.6) is 11.5 Å². The Morgan fingerprint density at radius 1 is 0.920 bits per heavy atom. The monoisotopic (exact) mass is 343 g/mol. The van der Waals surface area contributed by atoms with E-state index in [4.69, 9.17) is 9.47 Å². The number of amides is 2. The summed E-state index contributed by atoms with van der Waals surface area (Å²) in [6, 6.07) is 9.46. The number of anilines is 1. The molecule has 0 aromatic heterocycles. The summed E-state index contributed by atoms with van der Waals surface area (Å²) in [4.78, 5) is 25.9. The number of aliphatic hydroxyl groups excluding tert-OH is 1. The van der Waals surface area contributed by atoms with E-state index in [-0.39, 0.29) is 16.8 Å². The van der Waals surface area contributed by atoms with Gasteiger partial charge in [0.25, 0.3) is 5.91 Å². The number of carbonyl (C=O) groups is 2. The predicted octanol–water partition coefficient (Wildman–Crippen LogP) is 2.69. The maximum Gasteiger partial charge on any atom is 0.301 e. The van der Waals surface area contributed by atoms with Crippen LogP contribution in [0.2, 0.25) is 0 Å². The third-order valence-electron chi connectivity index (χ3n) is 3.79. The molecule has 1 heterocycles. The van der Waals surface area contributed by atoms with Crippen molar-refractivity contribution < 1.29 is 28.6 Å². The number of benzene rings is 2. The third-order valence-corrected chi connectivity index (χ3v) is 3.79. The Balaban J connectivity index is 2.05. The molecule has 0 saturated heterocycles. The standard InChI is InChI=1S/C18H14FNO5/c1-24-13-7-12(8-14(9-13)25-2)20-17(22)15(16(21)18(20)23)10-3-5-11(19)6-4-10/h3-9,21H,1-2H3. The average molecular weight is 343 g/mol. The fraction of sp³-hybridized carbons (Fsp3) is 0.111. The highest BCUT2D eigenvalue weighted by Gasteiger charge is 2.40. The molecule has 0 fully saturated rings. The van der Waals surface area contributed by atoms with Gasteiger partial charge in [0.2, 0.25) is 0 Å². The van der Waals surface area contributed by atoms with Crippen LogP contribution < -0.4 is 14.4 Å². The van der Waals surface area contributed by atoms with E-state index in [1.807, 2.05) is 0 Å². The average Bonchev–Trinajstić information content (AvgIpc) is 2.84. The number of carbonyl (C=O) groups excluding carboxylic acids is 2. The number of rotatable bonds is 4. The van der Waals surface area contributed by atoms with Crippen LogP contribution in [0.15, 0.2) is 48.2 Å². The molecule has 0 spiro atoms.